The number of hydrogen-bond acceptors (Lipinski definition) is 3. The van der Waals surface area contributed by atoms with E-state index in [-0.39, 0.29) is 35.8 Å². The van der Waals surface area contributed by atoms with E-state index in [0.717, 1.165) is 48.0 Å². The van der Waals surface area contributed by atoms with Crippen LogP contribution < -0.4 is 20.7 Å². The number of amides is 1. The van der Waals surface area contributed by atoms with Crippen molar-refractivity contribution in [3.8, 4) is 5.75 Å². The van der Waals surface area contributed by atoms with Crippen LogP contribution in [0, 0.1) is 0 Å². The highest BCUT2D eigenvalue weighted by Crippen LogP contribution is 2.31. The minimum atomic E-state index is 0. The number of aliphatic imine (C=N–C) groups is 1. The Balaban J connectivity index is 0.00000300. The third-order valence-corrected chi connectivity index (χ3v) is 4.80. The minimum absolute atomic E-state index is 0. The van der Waals surface area contributed by atoms with Crippen molar-refractivity contribution in [2.24, 2.45) is 4.99 Å². The molecule has 3 rings (SSSR count). The molecule has 1 heterocycles. The second-order valence-electron chi connectivity index (χ2n) is 6.74. The van der Waals surface area contributed by atoms with Gasteiger partial charge in [-0.05, 0) is 36.6 Å². The standard InChI is InChI=1S/C22H28N4O2.HI/c1-3-23-22(24-13-12-16-8-4-7-11-20(16)28-2)25-15-17-14-21(27)26-19-10-6-5-9-18(17)19;/h4-11,17H,3,12-15H2,1-2H3,(H,26,27)(H2,23,24,25);1H. The van der Waals surface area contributed by atoms with E-state index in [1.54, 1.807) is 7.11 Å². The van der Waals surface area contributed by atoms with Crippen molar-refractivity contribution in [2.75, 3.05) is 32.1 Å². The zero-order valence-corrected chi connectivity index (χ0v) is 19.2. The summed E-state index contributed by atoms with van der Waals surface area (Å²) in [4.78, 5) is 16.7. The van der Waals surface area contributed by atoms with Crippen LogP contribution in [0.25, 0.3) is 0 Å². The Morgan fingerprint density at radius 2 is 1.93 bits per heavy atom. The molecule has 156 valence electrons. The molecule has 0 aliphatic carbocycles. The highest BCUT2D eigenvalue weighted by atomic mass is 127. The molecule has 0 saturated carbocycles. The van der Waals surface area contributed by atoms with Crippen molar-refractivity contribution >= 4 is 41.5 Å². The van der Waals surface area contributed by atoms with Crippen LogP contribution in [0.5, 0.6) is 5.75 Å². The third kappa shape index (κ3) is 6.35. The van der Waals surface area contributed by atoms with E-state index in [9.17, 15) is 4.79 Å². The predicted molar refractivity (Wildman–Crippen MR) is 129 cm³/mol. The number of anilines is 1. The molecule has 6 nitrogen and oxygen atoms in total. The van der Waals surface area contributed by atoms with E-state index in [0.29, 0.717) is 13.0 Å². The number of nitrogens with one attached hydrogen (secondary N) is 3. The average Bonchev–Trinajstić information content (AvgIpc) is 2.72. The van der Waals surface area contributed by atoms with Crippen LogP contribution in [0.3, 0.4) is 0 Å². The van der Waals surface area contributed by atoms with Gasteiger partial charge in [0, 0.05) is 31.1 Å². The van der Waals surface area contributed by atoms with Crippen molar-refractivity contribution in [1.29, 1.82) is 0 Å². The second kappa shape index (κ2) is 11.6. The zero-order valence-electron chi connectivity index (χ0n) is 16.9. The fourth-order valence-corrected chi connectivity index (χ4v) is 3.43. The zero-order chi connectivity index (χ0) is 19.8. The van der Waals surface area contributed by atoms with Gasteiger partial charge in [0.2, 0.25) is 5.91 Å². The number of hydrogen-bond donors (Lipinski definition) is 3. The molecular weight excluding hydrogens is 479 g/mol. The van der Waals surface area contributed by atoms with Gasteiger partial charge < -0.3 is 20.7 Å². The molecule has 0 saturated heterocycles. The lowest BCUT2D eigenvalue weighted by Gasteiger charge is -2.24. The van der Waals surface area contributed by atoms with Gasteiger partial charge in [0.1, 0.15) is 5.75 Å². The molecule has 7 heteroatoms. The van der Waals surface area contributed by atoms with Gasteiger partial charge >= 0.3 is 0 Å². The first-order chi connectivity index (χ1) is 13.7. The molecule has 29 heavy (non-hydrogen) atoms. The van der Waals surface area contributed by atoms with Crippen molar-refractivity contribution < 1.29 is 9.53 Å². The summed E-state index contributed by atoms with van der Waals surface area (Å²) < 4.78 is 5.41. The fraction of sp³-hybridized carbons (Fsp3) is 0.364. The number of methoxy groups -OCH3 is 1. The van der Waals surface area contributed by atoms with Crippen molar-refractivity contribution in [3.05, 3.63) is 59.7 Å². The number of halogens is 1. The smallest absolute Gasteiger partial charge is 0.225 e. The highest BCUT2D eigenvalue weighted by molar-refractivity contribution is 14.0. The average molecular weight is 508 g/mol. The molecule has 1 amide bonds. The number of carbonyl (C=O) groups excluding carboxylic acids is 1. The molecule has 3 N–H and O–H groups in total. The van der Waals surface area contributed by atoms with Crippen LogP contribution in [0.1, 0.15) is 30.4 Å². The van der Waals surface area contributed by atoms with Gasteiger partial charge in [-0.3, -0.25) is 9.79 Å². The molecule has 1 unspecified atom stereocenters. The summed E-state index contributed by atoms with van der Waals surface area (Å²) in [6, 6.07) is 16.0. The number of nitrogens with zero attached hydrogens (tertiary/aromatic N) is 1. The van der Waals surface area contributed by atoms with E-state index in [2.05, 4.69) is 28.1 Å². The molecule has 0 spiro atoms. The first kappa shape index (κ1) is 23.0. The number of rotatable bonds is 7. The first-order valence-corrected chi connectivity index (χ1v) is 9.74. The fourth-order valence-electron chi connectivity index (χ4n) is 3.43. The van der Waals surface area contributed by atoms with Crippen LogP contribution in [-0.4, -0.2) is 38.6 Å². The minimum Gasteiger partial charge on any atom is -0.496 e. The molecule has 2 aromatic rings. The maximum Gasteiger partial charge on any atom is 0.225 e. The maximum atomic E-state index is 12.0. The van der Waals surface area contributed by atoms with Gasteiger partial charge in [0.15, 0.2) is 5.96 Å². The Labute approximate surface area is 189 Å². The van der Waals surface area contributed by atoms with Crippen LogP contribution >= 0.6 is 24.0 Å². The number of para-hydroxylation sites is 2. The Morgan fingerprint density at radius 1 is 1.17 bits per heavy atom. The number of ether oxygens (including phenoxy) is 1. The van der Waals surface area contributed by atoms with Gasteiger partial charge in [-0.15, -0.1) is 24.0 Å². The summed E-state index contributed by atoms with van der Waals surface area (Å²) in [6.45, 7) is 4.13. The number of fused-ring (bicyclic) bond motifs is 1. The highest BCUT2D eigenvalue weighted by Gasteiger charge is 2.24. The maximum absolute atomic E-state index is 12.0. The largest absolute Gasteiger partial charge is 0.496 e. The Bertz CT molecular complexity index is 841. The first-order valence-electron chi connectivity index (χ1n) is 9.74. The van der Waals surface area contributed by atoms with Gasteiger partial charge in [-0.25, -0.2) is 0 Å². The number of benzene rings is 2. The lowest BCUT2D eigenvalue weighted by molar-refractivity contribution is -0.116. The molecule has 0 bridgehead atoms. The lowest BCUT2D eigenvalue weighted by Crippen LogP contribution is -2.39. The van der Waals surface area contributed by atoms with E-state index in [1.165, 1.54) is 0 Å². The normalized spacial score (nSPS) is 15.6. The summed E-state index contributed by atoms with van der Waals surface area (Å²) in [6.07, 6.45) is 1.30. The molecule has 0 fully saturated rings. The molecule has 2 aromatic carbocycles. The van der Waals surface area contributed by atoms with Crippen LogP contribution in [0.2, 0.25) is 0 Å². The summed E-state index contributed by atoms with van der Waals surface area (Å²) >= 11 is 0. The Hall–Kier alpha value is -2.29. The Kier molecular flexibility index (Phi) is 9.24. The van der Waals surface area contributed by atoms with Crippen LogP contribution in [-0.2, 0) is 11.2 Å². The van der Waals surface area contributed by atoms with E-state index in [4.69, 9.17) is 9.73 Å². The van der Waals surface area contributed by atoms with E-state index < -0.39 is 0 Å². The van der Waals surface area contributed by atoms with Gasteiger partial charge in [-0.1, -0.05) is 36.4 Å². The van der Waals surface area contributed by atoms with Crippen molar-refractivity contribution in [2.45, 2.75) is 25.7 Å². The summed E-state index contributed by atoms with van der Waals surface area (Å²) in [7, 11) is 1.69. The van der Waals surface area contributed by atoms with Gasteiger partial charge in [-0.2, -0.15) is 0 Å². The SMILES string of the molecule is CCNC(=NCC1CC(=O)Nc2ccccc21)NCCc1ccccc1OC.I. The van der Waals surface area contributed by atoms with E-state index >= 15 is 0 Å². The van der Waals surface area contributed by atoms with Crippen LogP contribution in [0.15, 0.2) is 53.5 Å². The quantitative estimate of drug-likeness (QED) is 0.304. The summed E-state index contributed by atoms with van der Waals surface area (Å²) in [5, 5.41) is 9.59. The molecule has 0 radical (unpaired) electrons. The van der Waals surface area contributed by atoms with Gasteiger partial charge in [0.25, 0.3) is 0 Å². The molecule has 1 aliphatic heterocycles. The Morgan fingerprint density at radius 3 is 2.72 bits per heavy atom. The molecule has 0 aromatic heterocycles. The van der Waals surface area contributed by atoms with Crippen LogP contribution in [0.4, 0.5) is 5.69 Å². The number of guanidine groups is 1. The monoisotopic (exact) mass is 508 g/mol. The van der Waals surface area contributed by atoms with Gasteiger partial charge in [0.05, 0.1) is 13.7 Å². The lowest BCUT2D eigenvalue weighted by atomic mass is 9.91. The summed E-state index contributed by atoms with van der Waals surface area (Å²) in [5.41, 5.74) is 3.20. The number of carbonyl (C=O) groups is 1. The second-order valence-corrected chi connectivity index (χ2v) is 6.74. The third-order valence-electron chi connectivity index (χ3n) is 4.80. The van der Waals surface area contributed by atoms with Crippen molar-refractivity contribution in [3.63, 3.8) is 0 Å². The van der Waals surface area contributed by atoms with Crippen molar-refractivity contribution in [1.82, 2.24) is 10.6 Å². The predicted octanol–water partition coefficient (Wildman–Crippen LogP) is 3.54. The molecular formula is C22H29IN4O2. The summed E-state index contributed by atoms with van der Waals surface area (Å²) in [5.74, 6) is 1.81. The topological polar surface area (TPSA) is 74.8 Å². The molecule has 1 atom stereocenters. The molecule has 1 aliphatic rings. The van der Waals surface area contributed by atoms with E-state index in [1.807, 2.05) is 43.3 Å².